The van der Waals surface area contributed by atoms with E-state index < -0.39 is 0 Å². The van der Waals surface area contributed by atoms with Crippen LogP contribution in [0.3, 0.4) is 0 Å². The van der Waals surface area contributed by atoms with Crippen LogP contribution in [0.15, 0.2) is 42.6 Å². The van der Waals surface area contributed by atoms with E-state index in [9.17, 15) is 9.90 Å². The molecule has 7 nitrogen and oxygen atoms in total. The molecule has 0 saturated carbocycles. The molecule has 1 aliphatic heterocycles. The SMILES string of the molecule is COc1ccc([C@@H]2SCC(=O)Nc3c2c(C)nn3-c2ccccn2)cc1O. The number of carbonyl (C=O) groups excluding carboxylic acids is 1. The lowest BCUT2D eigenvalue weighted by atomic mass is 10.0. The van der Waals surface area contributed by atoms with Gasteiger partial charge in [0.2, 0.25) is 5.91 Å². The number of pyridine rings is 1. The van der Waals surface area contributed by atoms with Crippen LogP contribution in [0.1, 0.15) is 22.1 Å². The number of nitrogens with zero attached hydrogens (tertiary/aromatic N) is 3. The van der Waals surface area contributed by atoms with Gasteiger partial charge in [-0.05, 0) is 36.8 Å². The largest absolute Gasteiger partial charge is 0.504 e. The van der Waals surface area contributed by atoms with Gasteiger partial charge in [-0.1, -0.05) is 12.1 Å². The van der Waals surface area contributed by atoms with Crippen LogP contribution in [0.5, 0.6) is 11.5 Å². The molecule has 3 aromatic rings. The van der Waals surface area contributed by atoms with Crippen molar-refractivity contribution in [2.75, 3.05) is 18.2 Å². The highest BCUT2D eigenvalue weighted by molar-refractivity contribution is 8.00. The maximum absolute atomic E-state index is 12.3. The van der Waals surface area contributed by atoms with E-state index in [0.29, 0.717) is 23.1 Å². The quantitative estimate of drug-likeness (QED) is 0.724. The Balaban J connectivity index is 1.87. The van der Waals surface area contributed by atoms with Crippen LogP contribution in [0, 0.1) is 6.92 Å². The first-order chi connectivity index (χ1) is 13.1. The summed E-state index contributed by atoms with van der Waals surface area (Å²) in [6, 6.07) is 10.8. The molecular formula is C19H18N4O3S. The Morgan fingerprint density at radius 1 is 1.33 bits per heavy atom. The fraction of sp³-hybridized carbons (Fsp3) is 0.211. The molecule has 0 unspecified atom stereocenters. The highest BCUT2D eigenvalue weighted by atomic mass is 32.2. The first kappa shape index (κ1) is 17.4. The molecule has 1 atom stereocenters. The normalized spacial score (nSPS) is 16.4. The summed E-state index contributed by atoms with van der Waals surface area (Å²) in [5.74, 6) is 1.92. The van der Waals surface area contributed by atoms with Crippen molar-refractivity contribution in [2.24, 2.45) is 0 Å². The minimum atomic E-state index is -0.159. The molecular weight excluding hydrogens is 364 g/mol. The molecule has 0 radical (unpaired) electrons. The predicted molar refractivity (Wildman–Crippen MR) is 104 cm³/mol. The molecule has 0 spiro atoms. The van der Waals surface area contributed by atoms with Gasteiger partial charge in [0.15, 0.2) is 17.3 Å². The van der Waals surface area contributed by atoms with Gasteiger partial charge < -0.3 is 15.2 Å². The number of ether oxygens (including phenoxy) is 1. The minimum absolute atomic E-state index is 0.0652. The van der Waals surface area contributed by atoms with Gasteiger partial charge in [0, 0.05) is 11.8 Å². The Kier molecular flexibility index (Phi) is 4.49. The second-order valence-corrected chi connectivity index (χ2v) is 7.21. The second kappa shape index (κ2) is 6.96. The van der Waals surface area contributed by atoms with E-state index in [-0.39, 0.29) is 16.9 Å². The van der Waals surface area contributed by atoms with Crippen LogP contribution in [-0.4, -0.2) is 38.6 Å². The number of aromatic nitrogens is 3. The van der Waals surface area contributed by atoms with Crippen molar-refractivity contribution in [3.63, 3.8) is 0 Å². The van der Waals surface area contributed by atoms with Gasteiger partial charge in [-0.3, -0.25) is 4.79 Å². The van der Waals surface area contributed by atoms with Gasteiger partial charge in [-0.15, -0.1) is 11.8 Å². The summed E-state index contributed by atoms with van der Waals surface area (Å²) in [5.41, 5.74) is 2.58. The predicted octanol–water partition coefficient (Wildman–Crippen LogP) is 3.06. The Hall–Kier alpha value is -3.00. The fourth-order valence-corrected chi connectivity index (χ4v) is 4.34. The topological polar surface area (TPSA) is 89.3 Å². The standard InChI is InChI=1S/C19H18N4O3S/c1-11-17-18(12-6-7-14(26-2)13(24)9-12)27-10-16(25)21-19(17)23(22-11)15-5-3-4-8-20-15/h3-9,18,24H,10H2,1-2H3,(H,21,25)/t18-/m0/s1. The number of amides is 1. The number of nitrogens with one attached hydrogen (secondary N) is 1. The zero-order valence-electron chi connectivity index (χ0n) is 14.8. The molecule has 138 valence electrons. The lowest BCUT2D eigenvalue weighted by Crippen LogP contribution is -2.16. The lowest BCUT2D eigenvalue weighted by molar-refractivity contribution is -0.113. The van der Waals surface area contributed by atoms with Crippen molar-refractivity contribution in [3.8, 4) is 17.3 Å². The number of phenols is 1. The molecule has 8 heteroatoms. The van der Waals surface area contributed by atoms with E-state index in [1.165, 1.54) is 18.9 Å². The minimum Gasteiger partial charge on any atom is -0.504 e. The number of hydrogen-bond acceptors (Lipinski definition) is 6. The lowest BCUT2D eigenvalue weighted by Gasteiger charge is -2.16. The number of hydrogen-bond donors (Lipinski definition) is 2. The smallest absolute Gasteiger partial charge is 0.235 e. The van der Waals surface area contributed by atoms with Gasteiger partial charge >= 0.3 is 0 Å². The number of fused-ring (bicyclic) bond motifs is 1. The average Bonchev–Trinajstić information content (AvgIpc) is 2.88. The molecule has 1 amide bonds. The maximum atomic E-state index is 12.3. The molecule has 0 bridgehead atoms. The van der Waals surface area contributed by atoms with Gasteiger partial charge in [-0.2, -0.15) is 9.78 Å². The van der Waals surface area contributed by atoms with Crippen LogP contribution in [0.2, 0.25) is 0 Å². The van der Waals surface area contributed by atoms with E-state index in [2.05, 4.69) is 15.4 Å². The molecule has 2 N–H and O–H groups in total. The number of methoxy groups -OCH3 is 1. The fourth-order valence-electron chi connectivity index (χ4n) is 3.16. The van der Waals surface area contributed by atoms with E-state index >= 15 is 0 Å². The van der Waals surface area contributed by atoms with Crippen molar-refractivity contribution in [1.29, 1.82) is 0 Å². The number of aryl methyl sites for hydroxylation is 1. The summed E-state index contributed by atoms with van der Waals surface area (Å²) in [6.07, 6.45) is 1.69. The van der Waals surface area contributed by atoms with Crippen LogP contribution >= 0.6 is 11.8 Å². The molecule has 4 rings (SSSR count). The Morgan fingerprint density at radius 2 is 2.19 bits per heavy atom. The van der Waals surface area contributed by atoms with Crippen molar-refractivity contribution >= 4 is 23.5 Å². The van der Waals surface area contributed by atoms with Gasteiger partial charge in [-0.25, -0.2) is 4.98 Å². The van der Waals surface area contributed by atoms with Crippen molar-refractivity contribution in [2.45, 2.75) is 12.2 Å². The molecule has 2 aromatic heterocycles. The average molecular weight is 382 g/mol. The van der Waals surface area contributed by atoms with Crippen LogP contribution in [0.25, 0.3) is 5.82 Å². The number of thioether (sulfide) groups is 1. The van der Waals surface area contributed by atoms with Gasteiger partial charge in [0.1, 0.15) is 5.82 Å². The zero-order valence-corrected chi connectivity index (χ0v) is 15.7. The first-order valence-corrected chi connectivity index (χ1v) is 9.42. The van der Waals surface area contributed by atoms with Crippen LogP contribution < -0.4 is 10.1 Å². The van der Waals surface area contributed by atoms with E-state index in [1.54, 1.807) is 23.0 Å². The van der Waals surface area contributed by atoms with Gasteiger partial charge in [0.05, 0.1) is 23.8 Å². The molecule has 27 heavy (non-hydrogen) atoms. The number of rotatable bonds is 3. The van der Waals surface area contributed by atoms with Crippen LogP contribution in [-0.2, 0) is 4.79 Å². The number of phenolic OH excluding ortho intramolecular Hbond substituents is 1. The van der Waals surface area contributed by atoms with E-state index in [0.717, 1.165) is 16.8 Å². The molecule has 3 heterocycles. The number of anilines is 1. The van der Waals surface area contributed by atoms with Crippen molar-refractivity contribution < 1.29 is 14.6 Å². The third kappa shape index (κ3) is 3.12. The van der Waals surface area contributed by atoms with Gasteiger partial charge in [0.25, 0.3) is 0 Å². The Bertz CT molecular complexity index is 1000. The van der Waals surface area contributed by atoms with E-state index in [4.69, 9.17) is 4.74 Å². The highest BCUT2D eigenvalue weighted by Crippen LogP contribution is 2.45. The van der Waals surface area contributed by atoms with E-state index in [1.807, 2.05) is 31.2 Å². The zero-order chi connectivity index (χ0) is 19.0. The highest BCUT2D eigenvalue weighted by Gasteiger charge is 2.31. The van der Waals surface area contributed by atoms with Crippen molar-refractivity contribution in [3.05, 3.63) is 59.4 Å². The molecule has 1 aromatic carbocycles. The summed E-state index contributed by atoms with van der Waals surface area (Å²) < 4.78 is 6.79. The number of benzene rings is 1. The summed E-state index contributed by atoms with van der Waals surface area (Å²) in [5, 5.41) is 17.6. The molecule has 0 saturated heterocycles. The third-order valence-electron chi connectivity index (χ3n) is 4.38. The molecule has 0 fully saturated rings. The summed E-state index contributed by atoms with van der Waals surface area (Å²) in [4.78, 5) is 16.7. The first-order valence-electron chi connectivity index (χ1n) is 8.37. The maximum Gasteiger partial charge on any atom is 0.235 e. The monoisotopic (exact) mass is 382 g/mol. The van der Waals surface area contributed by atoms with Crippen molar-refractivity contribution in [1.82, 2.24) is 14.8 Å². The third-order valence-corrected chi connectivity index (χ3v) is 5.65. The molecule has 1 aliphatic rings. The number of carbonyl (C=O) groups is 1. The number of aromatic hydroxyl groups is 1. The summed E-state index contributed by atoms with van der Waals surface area (Å²) in [7, 11) is 1.51. The second-order valence-electron chi connectivity index (χ2n) is 6.12. The Morgan fingerprint density at radius 3 is 2.89 bits per heavy atom. The summed E-state index contributed by atoms with van der Waals surface area (Å²) >= 11 is 1.50. The molecule has 0 aliphatic carbocycles. The Labute approximate surface area is 160 Å². The summed E-state index contributed by atoms with van der Waals surface area (Å²) in [6.45, 7) is 1.91. The van der Waals surface area contributed by atoms with Crippen LogP contribution in [0.4, 0.5) is 5.82 Å².